The average molecular weight is 425 g/mol. The van der Waals surface area contributed by atoms with Crippen LogP contribution >= 0.6 is 15.9 Å². The van der Waals surface area contributed by atoms with E-state index >= 15 is 0 Å². The lowest BCUT2D eigenvalue weighted by atomic mass is 10.0. The number of hydrogen-bond donors (Lipinski definition) is 1. The number of halogens is 1. The highest BCUT2D eigenvalue weighted by atomic mass is 79.9. The van der Waals surface area contributed by atoms with Crippen molar-refractivity contribution in [3.05, 3.63) is 58.4 Å². The van der Waals surface area contributed by atoms with E-state index in [0.717, 1.165) is 41.6 Å². The van der Waals surface area contributed by atoms with Crippen LogP contribution in [0.2, 0.25) is 0 Å². The van der Waals surface area contributed by atoms with E-state index < -0.39 is 0 Å². The molecule has 4 rings (SSSR count). The Morgan fingerprint density at radius 1 is 1.26 bits per heavy atom. The summed E-state index contributed by atoms with van der Waals surface area (Å²) in [7, 11) is 0. The Bertz CT molecular complexity index is 1010. The maximum absolute atomic E-state index is 12.5. The highest BCUT2D eigenvalue weighted by molar-refractivity contribution is 9.10. The number of benzene rings is 1. The molecular formula is C20H17BrN4O2. The number of rotatable bonds is 3. The van der Waals surface area contributed by atoms with Crippen molar-refractivity contribution in [3.63, 3.8) is 0 Å². The Morgan fingerprint density at radius 3 is 2.78 bits per heavy atom. The minimum absolute atomic E-state index is 0.104. The highest BCUT2D eigenvalue weighted by Crippen LogP contribution is 2.24. The van der Waals surface area contributed by atoms with E-state index in [9.17, 15) is 4.79 Å². The zero-order valence-electron chi connectivity index (χ0n) is 14.5. The predicted octanol–water partition coefficient (Wildman–Crippen LogP) is 3.86. The lowest BCUT2D eigenvalue weighted by molar-refractivity contribution is 0.0905. The van der Waals surface area contributed by atoms with Crippen LogP contribution in [0.5, 0.6) is 0 Å². The lowest BCUT2D eigenvalue weighted by Gasteiger charge is -2.33. The van der Waals surface area contributed by atoms with Crippen LogP contribution in [0.15, 0.2) is 51.5 Å². The fourth-order valence-corrected chi connectivity index (χ4v) is 3.65. The molecule has 3 heterocycles. The molecule has 1 saturated heterocycles. The summed E-state index contributed by atoms with van der Waals surface area (Å²) < 4.78 is 6.61. The molecule has 1 aliphatic rings. The Kier molecular flexibility index (Phi) is 4.82. The molecule has 0 bridgehead atoms. The van der Waals surface area contributed by atoms with E-state index in [1.807, 2.05) is 24.3 Å². The van der Waals surface area contributed by atoms with Gasteiger partial charge in [-0.3, -0.25) is 4.79 Å². The fourth-order valence-electron chi connectivity index (χ4n) is 3.27. The zero-order chi connectivity index (χ0) is 18.8. The van der Waals surface area contributed by atoms with Crippen molar-refractivity contribution in [1.29, 1.82) is 5.26 Å². The summed E-state index contributed by atoms with van der Waals surface area (Å²) in [5.41, 5.74) is 1.25. The number of anilines is 1. The van der Waals surface area contributed by atoms with Gasteiger partial charge in [-0.15, -0.1) is 0 Å². The fraction of sp³-hybridized carbons (Fsp3) is 0.250. The van der Waals surface area contributed by atoms with Crippen LogP contribution in [0.1, 0.15) is 29.0 Å². The Hall–Kier alpha value is -2.85. The Balaban J connectivity index is 1.36. The van der Waals surface area contributed by atoms with Gasteiger partial charge in [0.15, 0.2) is 5.76 Å². The van der Waals surface area contributed by atoms with Gasteiger partial charge in [-0.05, 0) is 49.2 Å². The number of piperidine rings is 1. The van der Waals surface area contributed by atoms with E-state index in [1.165, 1.54) is 0 Å². The van der Waals surface area contributed by atoms with Gasteiger partial charge in [0, 0.05) is 35.2 Å². The molecule has 2 aromatic heterocycles. The van der Waals surface area contributed by atoms with Crippen LogP contribution in [0, 0.1) is 11.3 Å². The summed E-state index contributed by atoms with van der Waals surface area (Å²) in [6.45, 7) is 1.61. The second-order valence-electron chi connectivity index (χ2n) is 6.54. The largest absolute Gasteiger partial charge is 0.451 e. The van der Waals surface area contributed by atoms with E-state index in [4.69, 9.17) is 9.68 Å². The molecule has 1 N–H and O–H groups in total. The van der Waals surface area contributed by atoms with Gasteiger partial charge in [0.2, 0.25) is 0 Å². The van der Waals surface area contributed by atoms with Crippen molar-refractivity contribution >= 4 is 38.6 Å². The third-order valence-electron chi connectivity index (χ3n) is 4.73. The molecule has 1 amide bonds. The van der Waals surface area contributed by atoms with Gasteiger partial charge in [0.1, 0.15) is 17.5 Å². The highest BCUT2D eigenvalue weighted by Gasteiger charge is 2.23. The Labute approximate surface area is 164 Å². The van der Waals surface area contributed by atoms with E-state index in [1.54, 1.807) is 18.3 Å². The van der Waals surface area contributed by atoms with Gasteiger partial charge in [-0.2, -0.15) is 5.26 Å². The first-order valence-corrected chi connectivity index (χ1v) is 9.53. The summed E-state index contributed by atoms with van der Waals surface area (Å²) in [6, 6.07) is 13.3. The molecule has 136 valence electrons. The molecule has 0 unspecified atom stereocenters. The standard InChI is InChI=1S/C20H17BrN4O2/c21-15-2-3-17-14(9-15)10-18(27-17)20(26)24-16-5-7-25(8-6-16)19-4-1-13(11-22)12-23-19/h1-4,9-10,12,16H,5-8H2,(H,24,26). The first kappa shape index (κ1) is 17.6. The van der Waals surface area contributed by atoms with Crippen LogP contribution in [-0.2, 0) is 0 Å². The number of nitrogens with zero attached hydrogens (tertiary/aromatic N) is 3. The maximum Gasteiger partial charge on any atom is 0.287 e. The van der Waals surface area contributed by atoms with Gasteiger partial charge >= 0.3 is 0 Å². The summed E-state index contributed by atoms with van der Waals surface area (Å²) in [5.74, 6) is 1.01. The van der Waals surface area contributed by atoms with E-state index in [2.05, 4.69) is 37.2 Å². The molecular weight excluding hydrogens is 408 g/mol. The van der Waals surface area contributed by atoms with Crippen molar-refractivity contribution in [3.8, 4) is 6.07 Å². The summed E-state index contributed by atoms with van der Waals surface area (Å²) in [4.78, 5) is 19.0. The number of nitrogens with one attached hydrogen (secondary N) is 1. The average Bonchev–Trinajstić information content (AvgIpc) is 3.12. The summed E-state index contributed by atoms with van der Waals surface area (Å²) >= 11 is 3.42. The van der Waals surface area contributed by atoms with E-state index in [0.29, 0.717) is 16.9 Å². The van der Waals surface area contributed by atoms with Gasteiger partial charge in [-0.1, -0.05) is 15.9 Å². The number of nitriles is 1. The summed E-state index contributed by atoms with van der Waals surface area (Å²) in [5, 5.41) is 12.8. The molecule has 1 aromatic carbocycles. The number of carbonyl (C=O) groups excluding carboxylic acids is 1. The third-order valence-corrected chi connectivity index (χ3v) is 5.23. The van der Waals surface area contributed by atoms with Crippen molar-refractivity contribution < 1.29 is 9.21 Å². The van der Waals surface area contributed by atoms with Crippen LogP contribution in [0.3, 0.4) is 0 Å². The molecule has 0 atom stereocenters. The Morgan fingerprint density at radius 2 is 2.07 bits per heavy atom. The van der Waals surface area contributed by atoms with Gasteiger partial charge in [-0.25, -0.2) is 4.98 Å². The van der Waals surface area contributed by atoms with Crippen molar-refractivity contribution in [2.75, 3.05) is 18.0 Å². The number of fused-ring (bicyclic) bond motifs is 1. The molecule has 0 radical (unpaired) electrons. The van der Waals surface area contributed by atoms with E-state index in [-0.39, 0.29) is 11.9 Å². The number of amides is 1. The topological polar surface area (TPSA) is 82.2 Å². The molecule has 1 fully saturated rings. The molecule has 3 aromatic rings. The first-order valence-electron chi connectivity index (χ1n) is 8.73. The predicted molar refractivity (Wildman–Crippen MR) is 106 cm³/mol. The normalized spacial score (nSPS) is 14.9. The SMILES string of the molecule is N#Cc1ccc(N2CCC(NC(=O)c3cc4cc(Br)ccc4o3)CC2)nc1. The van der Waals surface area contributed by atoms with Crippen molar-refractivity contribution in [2.24, 2.45) is 0 Å². The zero-order valence-corrected chi connectivity index (χ0v) is 16.1. The van der Waals surface area contributed by atoms with Crippen LogP contribution in [0.25, 0.3) is 11.0 Å². The van der Waals surface area contributed by atoms with Gasteiger partial charge in [0.25, 0.3) is 5.91 Å². The van der Waals surface area contributed by atoms with Crippen molar-refractivity contribution in [1.82, 2.24) is 10.3 Å². The smallest absolute Gasteiger partial charge is 0.287 e. The molecule has 27 heavy (non-hydrogen) atoms. The number of hydrogen-bond acceptors (Lipinski definition) is 5. The van der Waals surface area contributed by atoms with Gasteiger partial charge < -0.3 is 14.6 Å². The molecule has 0 saturated carbocycles. The monoisotopic (exact) mass is 424 g/mol. The number of pyridine rings is 1. The number of aromatic nitrogens is 1. The molecule has 0 aliphatic carbocycles. The lowest BCUT2D eigenvalue weighted by Crippen LogP contribution is -2.44. The van der Waals surface area contributed by atoms with Crippen LogP contribution in [-0.4, -0.2) is 30.0 Å². The van der Waals surface area contributed by atoms with Crippen LogP contribution < -0.4 is 10.2 Å². The summed E-state index contributed by atoms with van der Waals surface area (Å²) in [6.07, 6.45) is 3.25. The molecule has 0 spiro atoms. The number of furan rings is 1. The number of carbonyl (C=O) groups is 1. The quantitative estimate of drug-likeness (QED) is 0.689. The minimum atomic E-state index is -0.183. The molecule has 6 nitrogen and oxygen atoms in total. The molecule has 7 heteroatoms. The van der Waals surface area contributed by atoms with Gasteiger partial charge in [0.05, 0.1) is 5.56 Å². The third kappa shape index (κ3) is 3.81. The second-order valence-corrected chi connectivity index (χ2v) is 7.46. The van der Waals surface area contributed by atoms with Crippen LogP contribution in [0.4, 0.5) is 5.82 Å². The maximum atomic E-state index is 12.5. The second kappa shape index (κ2) is 7.41. The first-order chi connectivity index (χ1) is 13.1. The van der Waals surface area contributed by atoms with Crippen molar-refractivity contribution in [2.45, 2.75) is 18.9 Å². The molecule has 1 aliphatic heterocycles. The minimum Gasteiger partial charge on any atom is -0.451 e.